The molecule has 4 heteroatoms. The first-order chi connectivity index (χ1) is 6.06. The molecular weight excluding hydrogens is 190 g/mol. The van der Waals surface area contributed by atoms with Crippen molar-refractivity contribution in [3.05, 3.63) is 23.4 Å². The predicted octanol–water partition coefficient (Wildman–Crippen LogP) is 1.50. The van der Waals surface area contributed by atoms with E-state index in [9.17, 15) is 4.79 Å². The Morgan fingerprint density at radius 1 is 1.69 bits per heavy atom. The number of likely N-dealkylation sites (N-methyl/N-ethyl adjacent to an activating group) is 1. The highest BCUT2D eigenvalue weighted by molar-refractivity contribution is 6.21. The molecule has 1 atom stereocenters. The second-order valence-electron chi connectivity index (χ2n) is 2.92. The van der Waals surface area contributed by atoms with Gasteiger partial charge in [-0.15, -0.1) is 0 Å². The van der Waals surface area contributed by atoms with Gasteiger partial charge in [-0.05, 0) is 18.6 Å². The summed E-state index contributed by atoms with van der Waals surface area (Å²) in [7, 11) is 3.17. The largest absolute Gasteiger partial charge is 0.465 e. The Hall–Kier alpha value is -0.960. The van der Waals surface area contributed by atoms with Gasteiger partial charge in [-0.1, -0.05) is 11.6 Å². The van der Waals surface area contributed by atoms with Crippen LogP contribution in [0.25, 0.3) is 0 Å². The van der Waals surface area contributed by atoms with Gasteiger partial charge in [-0.25, -0.2) is 4.79 Å². The molecule has 0 amide bonds. The molecule has 0 saturated heterocycles. The summed E-state index contributed by atoms with van der Waals surface area (Å²) in [4.78, 5) is 13.0. The molecule has 72 valence electrons. The lowest BCUT2D eigenvalue weighted by atomic mass is 10.1. The normalized spacial score (nSPS) is 22.2. The fourth-order valence-electron chi connectivity index (χ4n) is 1.11. The van der Waals surface area contributed by atoms with Crippen LogP contribution in [-0.4, -0.2) is 30.5 Å². The van der Waals surface area contributed by atoms with E-state index in [0.29, 0.717) is 5.57 Å². The van der Waals surface area contributed by atoms with Crippen LogP contribution in [0, 0.1) is 0 Å². The zero-order valence-corrected chi connectivity index (χ0v) is 8.63. The average Bonchev–Trinajstić information content (AvgIpc) is 2.10. The van der Waals surface area contributed by atoms with E-state index in [0.717, 1.165) is 5.57 Å². The zero-order chi connectivity index (χ0) is 10.0. The van der Waals surface area contributed by atoms with Gasteiger partial charge in [0.25, 0.3) is 0 Å². The first-order valence-electron chi connectivity index (χ1n) is 3.91. The lowest BCUT2D eigenvalue weighted by Gasteiger charge is -2.24. The molecule has 0 fully saturated rings. The molecule has 0 N–H and O–H groups in total. The Balaban J connectivity index is 2.92. The molecule has 3 nitrogen and oxygen atoms in total. The summed E-state index contributed by atoms with van der Waals surface area (Å²) in [6, 6.07) is 0. The van der Waals surface area contributed by atoms with Crippen LogP contribution in [0.3, 0.4) is 0 Å². The standard InChI is InChI=1S/C9H12ClNO2/c1-6-4-8(10)11(2)5-7(6)9(12)13-3/h4-5,8H,1-3H3. The lowest BCUT2D eigenvalue weighted by Crippen LogP contribution is -2.26. The third-order valence-corrected chi connectivity index (χ3v) is 2.37. The molecule has 1 aliphatic rings. The number of carbonyl (C=O) groups excluding carboxylic acids is 1. The van der Waals surface area contributed by atoms with E-state index in [1.807, 2.05) is 20.0 Å². The summed E-state index contributed by atoms with van der Waals surface area (Å²) in [6.45, 7) is 1.84. The van der Waals surface area contributed by atoms with Crippen LogP contribution in [-0.2, 0) is 9.53 Å². The SMILES string of the molecule is COC(=O)C1=CN(C)C(Cl)C=C1C. The highest BCUT2D eigenvalue weighted by Gasteiger charge is 2.20. The molecule has 0 aromatic carbocycles. The molecule has 1 heterocycles. The maximum atomic E-state index is 11.2. The van der Waals surface area contributed by atoms with Crippen molar-refractivity contribution in [3.63, 3.8) is 0 Å². The van der Waals surface area contributed by atoms with Crippen LogP contribution < -0.4 is 0 Å². The fraction of sp³-hybridized carbons (Fsp3) is 0.444. The van der Waals surface area contributed by atoms with Gasteiger partial charge in [0.05, 0.1) is 12.7 Å². The average molecular weight is 202 g/mol. The van der Waals surface area contributed by atoms with E-state index in [1.165, 1.54) is 7.11 Å². The number of methoxy groups -OCH3 is 1. The number of hydrogen-bond acceptors (Lipinski definition) is 3. The zero-order valence-electron chi connectivity index (χ0n) is 7.87. The Morgan fingerprint density at radius 3 is 2.85 bits per heavy atom. The van der Waals surface area contributed by atoms with Gasteiger partial charge in [0.2, 0.25) is 0 Å². The first kappa shape index (κ1) is 10.1. The summed E-state index contributed by atoms with van der Waals surface area (Å²) in [5.74, 6) is -0.329. The highest BCUT2D eigenvalue weighted by Crippen LogP contribution is 2.21. The predicted molar refractivity (Wildman–Crippen MR) is 51.3 cm³/mol. The molecular formula is C9H12ClNO2. The van der Waals surface area contributed by atoms with Gasteiger partial charge < -0.3 is 9.64 Å². The van der Waals surface area contributed by atoms with E-state index in [1.54, 1.807) is 11.1 Å². The maximum absolute atomic E-state index is 11.2. The van der Waals surface area contributed by atoms with E-state index in [-0.39, 0.29) is 11.5 Å². The second-order valence-corrected chi connectivity index (χ2v) is 3.37. The Labute approximate surface area is 82.6 Å². The summed E-state index contributed by atoms with van der Waals surface area (Å²) < 4.78 is 4.63. The van der Waals surface area contributed by atoms with Gasteiger partial charge in [0, 0.05) is 13.2 Å². The number of alkyl halides is 1. The fourth-order valence-corrected chi connectivity index (χ4v) is 1.36. The molecule has 1 unspecified atom stereocenters. The van der Waals surface area contributed by atoms with Crippen LogP contribution in [0.2, 0.25) is 0 Å². The Kier molecular flexibility index (Phi) is 2.98. The minimum absolute atomic E-state index is 0.187. The maximum Gasteiger partial charge on any atom is 0.339 e. The van der Waals surface area contributed by atoms with Crippen LogP contribution in [0.1, 0.15) is 6.92 Å². The Morgan fingerprint density at radius 2 is 2.31 bits per heavy atom. The van der Waals surface area contributed by atoms with Gasteiger partial charge in [-0.2, -0.15) is 0 Å². The number of halogens is 1. The summed E-state index contributed by atoms with van der Waals surface area (Å²) in [6.07, 6.45) is 3.51. The molecule has 0 aliphatic carbocycles. The van der Waals surface area contributed by atoms with Crippen molar-refractivity contribution in [1.82, 2.24) is 4.90 Å². The Bertz CT molecular complexity index is 283. The van der Waals surface area contributed by atoms with Crippen LogP contribution in [0.5, 0.6) is 0 Å². The van der Waals surface area contributed by atoms with Crippen molar-refractivity contribution in [2.45, 2.75) is 12.4 Å². The number of nitrogens with zero attached hydrogens (tertiary/aromatic N) is 1. The van der Waals surface area contributed by atoms with Gasteiger partial charge >= 0.3 is 5.97 Å². The summed E-state index contributed by atoms with van der Waals surface area (Å²) in [5, 5.41) is 0. The second kappa shape index (κ2) is 3.83. The molecule has 13 heavy (non-hydrogen) atoms. The third kappa shape index (κ3) is 2.04. The smallest absolute Gasteiger partial charge is 0.339 e. The van der Waals surface area contributed by atoms with Gasteiger partial charge in [-0.3, -0.25) is 0 Å². The van der Waals surface area contributed by atoms with Gasteiger partial charge in [0.15, 0.2) is 0 Å². The van der Waals surface area contributed by atoms with Gasteiger partial charge in [0.1, 0.15) is 5.50 Å². The molecule has 0 aromatic heterocycles. The van der Waals surface area contributed by atoms with E-state index in [4.69, 9.17) is 11.6 Å². The quantitative estimate of drug-likeness (QED) is 0.366. The van der Waals surface area contributed by atoms with E-state index < -0.39 is 0 Å². The third-order valence-electron chi connectivity index (χ3n) is 1.94. The van der Waals surface area contributed by atoms with Crippen molar-refractivity contribution in [3.8, 4) is 0 Å². The minimum atomic E-state index is -0.329. The van der Waals surface area contributed by atoms with Crippen molar-refractivity contribution >= 4 is 17.6 Å². The minimum Gasteiger partial charge on any atom is -0.465 e. The molecule has 1 rings (SSSR count). The number of esters is 1. The van der Waals surface area contributed by atoms with Crippen molar-refractivity contribution < 1.29 is 9.53 Å². The number of carbonyl (C=O) groups is 1. The highest BCUT2D eigenvalue weighted by atomic mass is 35.5. The first-order valence-corrected chi connectivity index (χ1v) is 4.35. The van der Waals surface area contributed by atoms with Crippen LogP contribution >= 0.6 is 11.6 Å². The topological polar surface area (TPSA) is 29.5 Å². The molecule has 0 saturated carbocycles. The molecule has 0 spiro atoms. The van der Waals surface area contributed by atoms with E-state index >= 15 is 0 Å². The molecule has 0 bridgehead atoms. The van der Waals surface area contributed by atoms with Crippen molar-refractivity contribution in [1.29, 1.82) is 0 Å². The lowest BCUT2D eigenvalue weighted by molar-refractivity contribution is -0.135. The van der Waals surface area contributed by atoms with Crippen molar-refractivity contribution in [2.75, 3.05) is 14.2 Å². The summed E-state index contributed by atoms with van der Waals surface area (Å²) in [5.41, 5.74) is 1.22. The monoisotopic (exact) mass is 201 g/mol. The number of rotatable bonds is 1. The number of ether oxygens (including phenoxy) is 1. The molecule has 0 aromatic rings. The van der Waals surface area contributed by atoms with Crippen LogP contribution in [0.4, 0.5) is 0 Å². The van der Waals surface area contributed by atoms with Crippen molar-refractivity contribution in [2.24, 2.45) is 0 Å². The summed E-state index contributed by atoms with van der Waals surface area (Å²) >= 11 is 5.93. The molecule has 0 radical (unpaired) electrons. The van der Waals surface area contributed by atoms with E-state index in [2.05, 4.69) is 4.74 Å². The number of hydrogen-bond donors (Lipinski definition) is 0. The van der Waals surface area contributed by atoms with Crippen LogP contribution in [0.15, 0.2) is 23.4 Å². The molecule has 1 aliphatic heterocycles.